The van der Waals surface area contributed by atoms with Crippen molar-refractivity contribution in [3.63, 3.8) is 0 Å². The second-order valence-electron chi connectivity index (χ2n) is 3.85. The Bertz CT molecular complexity index is 401. The molecular formula is C10H16N4O4S. The molecule has 1 aliphatic rings. The minimum absolute atomic E-state index is 0.0606. The van der Waals surface area contributed by atoms with Crippen LogP contribution >= 0.6 is 12.2 Å². The van der Waals surface area contributed by atoms with Gasteiger partial charge in [0.1, 0.15) is 6.04 Å². The summed E-state index contributed by atoms with van der Waals surface area (Å²) in [6.07, 6.45) is 0. The lowest BCUT2D eigenvalue weighted by Crippen LogP contribution is -2.58. The number of amides is 3. The van der Waals surface area contributed by atoms with Crippen LogP contribution in [0.1, 0.15) is 0 Å². The summed E-state index contributed by atoms with van der Waals surface area (Å²) < 4.78 is 5.14. The van der Waals surface area contributed by atoms with Crippen LogP contribution in [0.4, 0.5) is 0 Å². The Hall–Kier alpha value is -1.74. The number of ether oxygens (including phenoxy) is 1. The SMILES string of the molecule is CNC(=O)C1COCCN1C(=O)C(=O)NCC(N)=S. The minimum Gasteiger partial charge on any atom is -0.392 e. The molecule has 1 heterocycles. The lowest BCUT2D eigenvalue weighted by molar-refractivity contribution is -0.155. The zero-order valence-corrected chi connectivity index (χ0v) is 11.3. The van der Waals surface area contributed by atoms with Crippen LogP contribution in [0.15, 0.2) is 0 Å². The molecule has 1 rings (SSSR count). The van der Waals surface area contributed by atoms with E-state index in [4.69, 9.17) is 10.5 Å². The highest BCUT2D eigenvalue weighted by atomic mass is 32.1. The fraction of sp³-hybridized carbons (Fsp3) is 0.600. The number of nitrogens with two attached hydrogens (primary N) is 1. The number of thiocarbonyl (C=S) groups is 1. The Balaban J connectivity index is 2.68. The molecule has 0 aromatic rings. The van der Waals surface area contributed by atoms with Gasteiger partial charge in [-0.05, 0) is 0 Å². The van der Waals surface area contributed by atoms with E-state index in [1.165, 1.54) is 11.9 Å². The zero-order valence-electron chi connectivity index (χ0n) is 10.5. The number of nitrogens with zero attached hydrogens (tertiary/aromatic N) is 1. The number of likely N-dealkylation sites (N-methyl/N-ethyl adjacent to an activating group) is 1. The van der Waals surface area contributed by atoms with E-state index in [1.54, 1.807) is 0 Å². The quantitative estimate of drug-likeness (QED) is 0.386. The molecule has 4 N–H and O–H groups in total. The van der Waals surface area contributed by atoms with Crippen molar-refractivity contribution in [3.05, 3.63) is 0 Å². The normalized spacial score (nSPS) is 18.6. The number of hydrogen-bond acceptors (Lipinski definition) is 5. The van der Waals surface area contributed by atoms with Gasteiger partial charge in [0.2, 0.25) is 5.91 Å². The fourth-order valence-electron chi connectivity index (χ4n) is 1.60. The van der Waals surface area contributed by atoms with Gasteiger partial charge in [0, 0.05) is 13.6 Å². The highest BCUT2D eigenvalue weighted by Crippen LogP contribution is 2.07. The van der Waals surface area contributed by atoms with Gasteiger partial charge in [0.25, 0.3) is 0 Å². The molecule has 1 atom stereocenters. The Labute approximate surface area is 115 Å². The molecule has 1 aliphatic heterocycles. The molecular weight excluding hydrogens is 272 g/mol. The summed E-state index contributed by atoms with van der Waals surface area (Å²) >= 11 is 4.59. The zero-order chi connectivity index (χ0) is 14.4. The molecule has 106 valence electrons. The third-order valence-electron chi connectivity index (χ3n) is 2.56. The highest BCUT2D eigenvalue weighted by Gasteiger charge is 2.35. The lowest BCUT2D eigenvalue weighted by atomic mass is 10.2. The van der Waals surface area contributed by atoms with Gasteiger partial charge in [0.15, 0.2) is 0 Å². The first kappa shape index (κ1) is 15.3. The first-order valence-corrected chi connectivity index (χ1v) is 6.04. The van der Waals surface area contributed by atoms with Gasteiger partial charge in [-0.2, -0.15) is 0 Å². The molecule has 0 aliphatic carbocycles. The third kappa shape index (κ3) is 4.14. The van der Waals surface area contributed by atoms with Gasteiger partial charge in [0.05, 0.1) is 24.7 Å². The van der Waals surface area contributed by atoms with E-state index in [2.05, 4.69) is 22.9 Å². The van der Waals surface area contributed by atoms with Crippen LogP contribution in [0.25, 0.3) is 0 Å². The van der Waals surface area contributed by atoms with E-state index < -0.39 is 17.9 Å². The van der Waals surface area contributed by atoms with Gasteiger partial charge < -0.3 is 26.0 Å². The van der Waals surface area contributed by atoms with Crippen molar-refractivity contribution in [2.75, 3.05) is 33.4 Å². The summed E-state index contributed by atoms with van der Waals surface area (Å²) in [6.45, 7) is 0.460. The predicted molar refractivity (Wildman–Crippen MR) is 70.2 cm³/mol. The summed E-state index contributed by atoms with van der Waals surface area (Å²) in [5.74, 6) is -2.02. The summed E-state index contributed by atoms with van der Waals surface area (Å²) in [6, 6.07) is -0.804. The van der Waals surface area contributed by atoms with Crippen molar-refractivity contribution in [3.8, 4) is 0 Å². The lowest BCUT2D eigenvalue weighted by Gasteiger charge is -2.33. The maximum Gasteiger partial charge on any atom is 0.312 e. The Morgan fingerprint density at radius 2 is 2.16 bits per heavy atom. The molecule has 0 radical (unpaired) electrons. The van der Waals surface area contributed by atoms with Crippen molar-refractivity contribution in [1.29, 1.82) is 0 Å². The summed E-state index contributed by atoms with van der Waals surface area (Å²) in [5.41, 5.74) is 5.22. The van der Waals surface area contributed by atoms with E-state index in [0.29, 0.717) is 0 Å². The van der Waals surface area contributed by atoms with E-state index in [9.17, 15) is 14.4 Å². The molecule has 19 heavy (non-hydrogen) atoms. The van der Waals surface area contributed by atoms with Crippen molar-refractivity contribution < 1.29 is 19.1 Å². The van der Waals surface area contributed by atoms with Crippen molar-refractivity contribution in [2.45, 2.75) is 6.04 Å². The molecule has 0 spiro atoms. The standard InChI is InChI=1S/C10H16N4O4S/c1-12-8(15)6-5-18-3-2-14(6)10(17)9(16)13-4-7(11)19/h6H,2-5H2,1H3,(H2,11,19)(H,12,15)(H,13,16). The third-order valence-corrected chi connectivity index (χ3v) is 2.70. The summed E-state index contributed by atoms with van der Waals surface area (Å²) in [5, 5.41) is 4.71. The van der Waals surface area contributed by atoms with Crippen molar-refractivity contribution in [2.24, 2.45) is 5.73 Å². The minimum atomic E-state index is -0.844. The molecule has 8 nitrogen and oxygen atoms in total. The average Bonchev–Trinajstić information content (AvgIpc) is 2.42. The maximum atomic E-state index is 11.9. The molecule has 1 fully saturated rings. The number of carbonyl (C=O) groups is 3. The molecule has 0 saturated carbocycles. The Morgan fingerprint density at radius 3 is 2.74 bits per heavy atom. The molecule has 3 amide bonds. The molecule has 0 bridgehead atoms. The Kier molecular flexibility index (Phi) is 5.64. The van der Waals surface area contributed by atoms with E-state index in [-0.39, 0.29) is 37.2 Å². The van der Waals surface area contributed by atoms with Crippen LogP contribution in [0.5, 0.6) is 0 Å². The van der Waals surface area contributed by atoms with Crippen LogP contribution in [0.3, 0.4) is 0 Å². The summed E-state index contributed by atoms with van der Waals surface area (Å²) in [4.78, 5) is 36.4. The monoisotopic (exact) mass is 288 g/mol. The first-order valence-electron chi connectivity index (χ1n) is 5.63. The average molecular weight is 288 g/mol. The van der Waals surface area contributed by atoms with Gasteiger partial charge in [-0.1, -0.05) is 12.2 Å². The maximum absolute atomic E-state index is 11.9. The number of hydrogen-bond donors (Lipinski definition) is 3. The Morgan fingerprint density at radius 1 is 1.47 bits per heavy atom. The van der Waals surface area contributed by atoms with Gasteiger partial charge >= 0.3 is 11.8 Å². The van der Waals surface area contributed by atoms with Crippen LogP contribution in [0, 0.1) is 0 Å². The topological polar surface area (TPSA) is 114 Å². The molecule has 1 unspecified atom stereocenters. The van der Waals surface area contributed by atoms with Crippen LogP contribution in [-0.2, 0) is 19.1 Å². The van der Waals surface area contributed by atoms with Crippen LogP contribution < -0.4 is 16.4 Å². The smallest absolute Gasteiger partial charge is 0.312 e. The predicted octanol–water partition coefficient (Wildman–Crippen LogP) is -2.64. The number of nitrogens with one attached hydrogen (secondary N) is 2. The van der Waals surface area contributed by atoms with Crippen molar-refractivity contribution in [1.82, 2.24) is 15.5 Å². The van der Waals surface area contributed by atoms with E-state index in [0.717, 1.165) is 0 Å². The van der Waals surface area contributed by atoms with Crippen LogP contribution in [0.2, 0.25) is 0 Å². The number of carbonyl (C=O) groups excluding carboxylic acids is 3. The fourth-order valence-corrected chi connectivity index (χ4v) is 1.68. The second kappa shape index (κ2) is 7.00. The molecule has 0 aromatic heterocycles. The second-order valence-corrected chi connectivity index (χ2v) is 4.38. The first-order chi connectivity index (χ1) is 8.97. The molecule has 1 saturated heterocycles. The molecule has 0 aromatic carbocycles. The highest BCUT2D eigenvalue weighted by molar-refractivity contribution is 7.80. The van der Waals surface area contributed by atoms with Gasteiger partial charge in [-0.25, -0.2) is 0 Å². The van der Waals surface area contributed by atoms with Gasteiger partial charge in [-0.15, -0.1) is 0 Å². The largest absolute Gasteiger partial charge is 0.392 e. The number of morpholine rings is 1. The molecule has 9 heteroatoms. The van der Waals surface area contributed by atoms with E-state index >= 15 is 0 Å². The van der Waals surface area contributed by atoms with E-state index in [1.807, 2.05) is 0 Å². The van der Waals surface area contributed by atoms with Crippen LogP contribution in [-0.4, -0.2) is 67.0 Å². The summed E-state index contributed by atoms with van der Waals surface area (Å²) in [7, 11) is 1.45. The van der Waals surface area contributed by atoms with Gasteiger partial charge in [-0.3, -0.25) is 14.4 Å². The van der Waals surface area contributed by atoms with Crippen molar-refractivity contribution >= 4 is 34.9 Å². The number of rotatable bonds is 3.